The van der Waals surface area contributed by atoms with Gasteiger partial charge in [0.2, 0.25) is 0 Å². The molecule has 0 aliphatic heterocycles. The van der Waals surface area contributed by atoms with Crippen LogP contribution in [-0.4, -0.2) is 15.3 Å². The highest BCUT2D eigenvalue weighted by molar-refractivity contribution is 6.04. The first-order valence-corrected chi connectivity index (χ1v) is 9.50. The molecule has 1 amide bonds. The third-order valence-electron chi connectivity index (χ3n) is 4.59. The van der Waals surface area contributed by atoms with Crippen molar-refractivity contribution >= 4 is 17.2 Å². The first-order valence-electron chi connectivity index (χ1n) is 9.50. The molecule has 4 nitrogen and oxygen atoms in total. The lowest BCUT2D eigenvalue weighted by atomic mass is 10.1. The molecule has 0 unspecified atom stereocenters. The van der Waals surface area contributed by atoms with E-state index in [0.717, 1.165) is 41.9 Å². The SMILES string of the molecule is CCCCc1ccc(NC(=O)c2c(CCC)nc3cc(C)ccn23)cc1. The van der Waals surface area contributed by atoms with Crippen LogP contribution in [-0.2, 0) is 12.8 Å². The van der Waals surface area contributed by atoms with Crippen LogP contribution in [0.3, 0.4) is 0 Å². The van der Waals surface area contributed by atoms with Crippen LogP contribution in [0.4, 0.5) is 5.69 Å². The molecule has 0 radical (unpaired) electrons. The van der Waals surface area contributed by atoms with E-state index in [2.05, 4.69) is 36.3 Å². The van der Waals surface area contributed by atoms with E-state index in [1.165, 1.54) is 18.4 Å². The van der Waals surface area contributed by atoms with E-state index < -0.39 is 0 Å². The van der Waals surface area contributed by atoms with Gasteiger partial charge in [-0.2, -0.15) is 0 Å². The van der Waals surface area contributed by atoms with Gasteiger partial charge in [0.1, 0.15) is 11.3 Å². The second-order valence-electron chi connectivity index (χ2n) is 6.84. The Morgan fingerprint density at radius 1 is 1.08 bits per heavy atom. The van der Waals surface area contributed by atoms with Crippen LogP contribution >= 0.6 is 0 Å². The smallest absolute Gasteiger partial charge is 0.274 e. The zero-order valence-corrected chi connectivity index (χ0v) is 15.9. The number of pyridine rings is 1. The Bertz CT molecular complexity index is 894. The van der Waals surface area contributed by atoms with Crippen LogP contribution in [0, 0.1) is 6.92 Å². The van der Waals surface area contributed by atoms with Crippen LogP contribution < -0.4 is 5.32 Å². The van der Waals surface area contributed by atoms with Crippen molar-refractivity contribution in [1.29, 1.82) is 0 Å². The van der Waals surface area contributed by atoms with Gasteiger partial charge in [-0.1, -0.05) is 38.8 Å². The lowest BCUT2D eigenvalue weighted by Gasteiger charge is -2.08. The number of aromatic nitrogens is 2. The minimum absolute atomic E-state index is 0.105. The molecule has 0 saturated carbocycles. The molecular formula is C22H27N3O. The maximum atomic E-state index is 13.0. The Labute approximate surface area is 155 Å². The topological polar surface area (TPSA) is 46.4 Å². The number of amides is 1. The number of rotatable bonds is 7. The van der Waals surface area contributed by atoms with Gasteiger partial charge in [-0.3, -0.25) is 9.20 Å². The van der Waals surface area contributed by atoms with E-state index in [1.54, 1.807) is 0 Å². The van der Waals surface area contributed by atoms with Gasteiger partial charge < -0.3 is 5.32 Å². The van der Waals surface area contributed by atoms with Crippen molar-refractivity contribution < 1.29 is 4.79 Å². The predicted octanol–water partition coefficient (Wildman–Crippen LogP) is 5.19. The van der Waals surface area contributed by atoms with Gasteiger partial charge in [-0.05, 0) is 61.6 Å². The molecule has 0 aliphatic rings. The summed E-state index contributed by atoms with van der Waals surface area (Å²) >= 11 is 0. The summed E-state index contributed by atoms with van der Waals surface area (Å²) in [6, 6.07) is 12.2. The summed E-state index contributed by atoms with van der Waals surface area (Å²) in [6.07, 6.45) is 7.13. The highest BCUT2D eigenvalue weighted by Gasteiger charge is 2.19. The van der Waals surface area contributed by atoms with Crippen molar-refractivity contribution in [3.05, 3.63) is 65.1 Å². The molecule has 2 aromatic heterocycles. The number of nitrogens with zero attached hydrogens (tertiary/aromatic N) is 2. The van der Waals surface area contributed by atoms with Gasteiger partial charge in [-0.15, -0.1) is 0 Å². The third kappa shape index (κ3) is 3.96. The number of hydrogen-bond donors (Lipinski definition) is 1. The predicted molar refractivity (Wildman–Crippen MR) is 107 cm³/mol. The Morgan fingerprint density at radius 2 is 1.85 bits per heavy atom. The number of hydrogen-bond acceptors (Lipinski definition) is 2. The highest BCUT2D eigenvalue weighted by Crippen LogP contribution is 2.19. The molecule has 0 atom stereocenters. The van der Waals surface area contributed by atoms with Gasteiger partial charge in [0.15, 0.2) is 0 Å². The number of unbranched alkanes of at least 4 members (excludes halogenated alkanes) is 1. The van der Waals surface area contributed by atoms with Gasteiger partial charge in [0, 0.05) is 11.9 Å². The van der Waals surface area contributed by atoms with Gasteiger partial charge in [-0.25, -0.2) is 4.98 Å². The number of fused-ring (bicyclic) bond motifs is 1. The average Bonchev–Trinajstić information content (AvgIpc) is 2.98. The zero-order valence-electron chi connectivity index (χ0n) is 15.9. The number of imidazole rings is 1. The first kappa shape index (κ1) is 18.2. The molecule has 2 heterocycles. The van der Waals surface area contributed by atoms with Crippen LogP contribution in [0.15, 0.2) is 42.6 Å². The van der Waals surface area contributed by atoms with Crippen molar-refractivity contribution in [2.24, 2.45) is 0 Å². The molecule has 0 bridgehead atoms. The lowest BCUT2D eigenvalue weighted by Crippen LogP contribution is -2.16. The summed E-state index contributed by atoms with van der Waals surface area (Å²) in [5.74, 6) is -0.105. The summed E-state index contributed by atoms with van der Waals surface area (Å²) in [5, 5.41) is 3.03. The molecule has 136 valence electrons. The fraction of sp³-hybridized carbons (Fsp3) is 0.364. The molecular weight excluding hydrogens is 322 g/mol. The van der Waals surface area contributed by atoms with E-state index in [9.17, 15) is 4.79 Å². The summed E-state index contributed by atoms with van der Waals surface area (Å²) in [6.45, 7) is 6.33. The molecule has 26 heavy (non-hydrogen) atoms. The number of anilines is 1. The van der Waals surface area contributed by atoms with Gasteiger partial charge >= 0.3 is 0 Å². The maximum Gasteiger partial charge on any atom is 0.274 e. The fourth-order valence-corrected chi connectivity index (χ4v) is 3.17. The monoisotopic (exact) mass is 349 g/mol. The average molecular weight is 349 g/mol. The minimum atomic E-state index is -0.105. The van der Waals surface area contributed by atoms with Crippen LogP contribution in [0.5, 0.6) is 0 Å². The Balaban J connectivity index is 1.86. The van der Waals surface area contributed by atoms with Gasteiger partial charge in [0.05, 0.1) is 5.69 Å². The van der Waals surface area contributed by atoms with Crippen LogP contribution in [0.25, 0.3) is 5.65 Å². The second kappa shape index (κ2) is 8.17. The summed E-state index contributed by atoms with van der Waals surface area (Å²) in [4.78, 5) is 17.6. The zero-order chi connectivity index (χ0) is 18.5. The summed E-state index contributed by atoms with van der Waals surface area (Å²) < 4.78 is 1.89. The normalized spacial score (nSPS) is 11.0. The number of benzene rings is 1. The number of carbonyl (C=O) groups excluding carboxylic acids is 1. The number of aryl methyl sites for hydroxylation is 3. The van der Waals surface area contributed by atoms with Crippen LogP contribution in [0.2, 0.25) is 0 Å². The Hall–Kier alpha value is -2.62. The first-order chi connectivity index (χ1) is 12.6. The Morgan fingerprint density at radius 3 is 2.54 bits per heavy atom. The van der Waals surface area contributed by atoms with E-state index in [4.69, 9.17) is 0 Å². The second-order valence-corrected chi connectivity index (χ2v) is 6.84. The van der Waals surface area contributed by atoms with Crippen molar-refractivity contribution in [3.63, 3.8) is 0 Å². The van der Waals surface area contributed by atoms with Crippen LogP contribution in [0.1, 0.15) is 60.4 Å². The fourth-order valence-electron chi connectivity index (χ4n) is 3.17. The largest absolute Gasteiger partial charge is 0.321 e. The maximum absolute atomic E-state index is 13.0. The van der Waals surface area contributed by atoms with E-state index in [-0.39, 0.29) is 5.91 Å². The van der Waals surface area contributed by atoms with E-state index in [1.807, 2.05) is 41.8 Å². The van der Waals surface area contributed by atoms with Crippen molar-refractivity contribution in [1.82, 2.24) is 9.38 Å². The standard InChI is InChI=1S/C22H27N3O/c1-4-6-8-17-9-11-18(12-10-17)23-22(26)21-19(7-5-2)24-20-15-16(3)13-14-25(20)21/h9-15H,4-8H2,1-3H3,(H,23,26). The molecule has 1 N–H and O–H groups in total. The minimum Gasteiger partial charge on any atom is -0.321 e. The quantitative estimate of drug-likeness (QED) is 0.638. The molecule has 4 heteroatoms. The third-order valence-corrected chi connectivity index (χ3v) is 4.59. The molecule has 0 spiro atoms. The van der Waals surface area contributed by atoms with Crippen molar-refractivity contribution in [2.45, 2.75) is 52.9 Å². The summed E-state index contributed by atoms with van der Waals surface area (Å²) in [5.41, 5.74) is 5.59. The molecule has 3 rings (SSSR count). The van der Waals surface area contributed by atoms with Crippen molar-refractivity contribution in [2.75, 3.05) is 5.32 Å². The molecule has 0 aliphatic carbocycles. The van der Waals surface area contributed by atoms with E-state index >= 15 is 0 Å². The number of nitrogens with one attached hydrogen (secondary N) is 1. The molecule has 3 aromatic rings. The van der Waals surface area contributed by atoms with Crippen molar-refractivity contribution in [3.8, 4) is 0 Å². The van der Waals surface area contributed by atoms with Gasteiger partial charge in [0.25, 0.3) is 5.91 Å². The lowest BCUT2D eigenvalue weighted by molar-refractivity contribution is 0.102. The Kier molecular flexibility index (Phi) is 5.71. The summed E-state index contributed by atoms with van der Waals surface area (Å²) in [7, 11) is 0. The van der Waals surface area contributed by atoms with E-state index in [0.29, 0.717) is 5.69 Å². The molecule has 0 fully saturated rings. The molecule has 1 aromatic carbocycles. The number of carbonyl (C=O) groups is 1. The highest BCUT2D eigenvalue weighted by atomic mass is 16.2. The molecule has 0 saturated heterocycles.